The number of morpholine rings is 1. The second-order valence-electron chi connectivity index (χ2n) is 9.23. The third-order valence-electron chi connectivity index (χ3n) is 5.35. The van der Waals surface area contributed by atoms with E-state index in [1.165, 1.54) is 6.07 Å². The lowest BCUT2D eigenvalue weighted by atomic mass is 10.1. The van der Waals surface area contributed by atoms with Crippen molar-refractivity contribution < 1.29 is 27.8 Å². The van der Waals surface area contributed by atoms with Gasteiger partial charge < -0.3 is 14.2 Å². The Labute approximate surface area is 194 Å². The highest BCUT2D eigenvalue weighted by molar-refractivity contribution is 5.70. The SMILES string of the molecule is CC(C)(C)OC(=O)CCN1CCOC(c2ccc(OCCCc3cccc(F)c3F)cc2)C1. The lowest BCUT2D eigenvalue weighted by Crippen LogP contribution is -2.39. The summed E-state index contributed by atoms with van der Waals surface area (Å²) >= 11 is 0. The molecule has 2 aromatic carbocycles. The van der Waals surface area contributed by atoms with Crippen molar-refractivity contribution in [2.75, 3.05) is 32.8 Å². The smallest absolute Gasteiger partial charge is 0.307 e. The van der Waals surface area contributed by atoms with Crippen molar-refractivity contribution in [1.82, 2.24) is 4.90 Å². The molecule has 180 valence electrons. The van der Waals surface area contributed by atoms with Crippen LogP contribution in [0.1, 0.15) is 50.8 Å². The van der Waals surface area contributed by atoms with Gasteiger partial charge >= 0.3 is 5.97 Å². The van der Waals surface area contributed by atoms with Crippen LogP contribution >= 0.6 is 0 Å². The Balaban J connectivity index is 1.42. The fourth-order valence-electron chi connectivity index (χ4n) is 3.72. The van der Waals surface area contributed by atoms with Gasteiger partial charge in [0.05, 0.1) is 25.7 Å². The van der Waals surface area contributed by atoms with Gasteiger partial charge in [-0.15, -0.1) is 0 Å². The van der Waals surface area contributed by atoms with Crippen LogP contribution in [0.25, 0.3) is 0 Å². The first-order valence-corrected chi connectivity index (χ1v) is 11.4. The highest BCUT2D eigenvalue weighted by Crippen LogP contribution is 2.25. The molecule has 1 heterocycles. The number of nitrogens with zero attached hydrogens (tertiary/aromatic N) is 1. The fraction of sp³-hybridized carbons (Fsp3) is 0.500. The molecule has 33 heavy (non-hydrogen) atoms. The van der Waals surface area contributed by atoms with Crippen LogP contribution in [0, 0.1) is 11.6 Å². The zero-order chi connectivity index (χ0) is 23.8. The van der Waals surface area contributed by atoms with Crippen LogP contribution < -0.4 is 4.74 Å². The van der Waals surface area contributed by atoms with Crippen LogP contribution in [0.5, 0.6) is 5.75 Å². The Morgan fingerprint density at radius 2 is 1.91 bits per heavy atom. The molecular formula is C26H33F2NO4. The Morgan fingerprint density at radius 3 is 2.64 bits per heavy atom. The van der Waals surface area contributed by atoms with Gasteiger partial charge in [-0.05, 0) is 62.9 Å². The standard InChI is InChI=1S/C26H33F2NO4/c1-26(2,3)33-24(30)13-14-29-15-17-32-23(18-29)19-9-11-21(12-10-19)31-16-5-7-20-6-4-8-22(27)25(20)28/h4,6,8-12,23H,5,7,13-18H2,1-3H3. The van der Waals surface area contributed by atoms with Crippen LogP contribution in [0.2, 0.25) is 0 Å². The molecule has 5 nitrogen and oxygen atoms in total. The van der Waals surface area contributed by atoms with Crippen molar-refractivity contribution in [2.45, 2.75) is 51.7 Å². The molecule has 1 aliphatic rings. The molecule has 1 saturated heterocycles. The maximum absolute atomic E-state index is 13.7. The number of esters is 1. The van der Waals surface area contributed by atoms with Gasteiger partial charge in [0.2, 0.25) is 0 Å². The van der Waals surface area contributed by atoms with Crippen molar-refractivity contribution >= 4 is 5.97 Å². The fourth-order valence-corrected chi connectivity index (χ4v) is 3.72. The second kappa shape index (κ2) is 11.6. The molecule has 0 radical (unpaired) electrons. The molecule has 0 spiro atoms. The lowest BCUT2D eigenvalue weighted by Gasteiger charge is -2.33. The number of halogens is 2. The summed E-state index contributed by atoms with van der Waals surface area (Å²) in [5, 5.41) is 0. The van der Waals surface area contributed by atoms with E-state index >= 15 is 0 Å². The lowest BCUT2D eigenvalue weighted by molar-refractivity contribution is -0.155. The molecule has 0 saturated carbocycles. The minimum absolute atomic E-state index is 0.0672. The maximum Gasteiger partial charge on any atom is 0.307 e. The van der Waals surface area contributed by atoms with E-state index in [-0.39, 0.29) is 12.1 Å². The molecule has 0 aliphatic carbocycles. The van der Waals surface area contributed by atoms with E-state index in [9.17, 15) is 13.6 Å². The molecule has 1 aliphatic heterocycles. The first-order valence-electron chi connectivity index (χ1n) is 11.4. The molecule has 7 heteroatoms. The van der Waals surface area contributed by atoms with E-state index in [2.05, 4.69) is 4.90 Å². The van der Waals surface area contributed by atoms with Crippen molar-refractivity contribution in [3.05, 3.63) is 65.2 Å². The van der Waals surface area contributed by atoms with Gasteiger partial charge in [0.25, 0.3) is 0 Å². The Morgan fingerprint density at radius 1 is 1.15 bits per heavy atom. The third kappa shape index (κ3) is 8.09. The zero-order valence-electron chi connectivity index (χ0n) is 19.6. The van der Waals surface area contributed by atoms with E-state index in [4.69, 9.17) is 14.2 Å². The Kier molecular flexibility index (Phi) is 8.80. The van der Waals surface area contributed by atoms with Crippen LogP contribution in [0.3, 0.4) is 0 Å². The van der Waals surface area contributed by atoms with Gasteiger partial charge in [0.15, 0.2) is 11.6 Å². The summed E-state index contributed by atoms with van der Waals surface area (Å²) in [6.45, 7) is 8.76. The maximum atomic E-state index is 13.7. The van der Waals surface area contributed by atoms with Gasteiger partial charge in [0.1, 0.15) is 11.4 Å². The predicted octanol–water partition coefficient (Wildman–Crippen LogP) is 5.08. The van der Waals surface area contributed by atoms with E-state index in [1.54, 1.807) is 6.07 Å². The Bertz CT molecular complexity index is 911. The number of carbonyl (C=O) groups is 1. The molecule has 1 unspecified atom stereocenters. The third-order valence-corrected chi connectivity index (χ3v) is 5.35. The monoisotopic (exact) mass is 461 g/mol. The van der Waals surface area contributed by atoms with Crippen LogP contribution in [0.15, 0.2) is 42.5 Å². The molecule has 1 fully saturated rings. The Hall–Kier alpha value is -2.51. The minimum Gasteiger partial charge on any atom is -0.494 e. The summed E-state index contributed by atoms with van der Waals surface area (Å²) in [5.41, 5.74) is 0.940. The normalized spacial score (nSPS) is 17.1. The second-order valence-corrected chi connectivity index (χ2v) is 9.23. The van der Waals surface area contributed by atoms with Crippen molar-refractivity contribution in [2.24, 2.45) is 0 Å². The zero-order valence-corrected chi connectivity index (χ0v) is 19.6. The van der Waals surface area contributed by atoms with Gasteiger partial charge in [-0.1, -0.05) is 24.3 Å². The number of carbonyl (C=O) groups excluding carboxylic acids is 1. The average molecular weight is 462 g/mol. The topological polar surface area (TPSA) is 48.0 Å². The minimum atomic E-state index is -0.822. The van der Waals surface area contributed by atoms with Crippen LogP contribution in [-0.4, -0.2) is 49.3 Å². The molecule has 0 bridgehead atoms. The first kappa shape index (κ1) is 25.1. The number of hydrogen-bond donors (Lipinski definition) is 0. The molecule has 3 rings (SSSR count). The number of ether oxygens (including phenoxy) is 3. The summed E-state index contributed by atoms with van der Waals surface area (Å²) in [6.07, 6.45) is 1.29. The van der Waals surface area contributed by atoms with Crippen molar-refractivity contribution in [3.63, 3.8) is 0 Å². The molecular weight excluding hydrogens is 428 g/mol. The molecule has 0 N–H and O–H groups in total. The van der Waals surface area contributed by atoms with Crippen molar-refractivity contribution in [1.29, 1.82) is 0 Å². The van der Waals surface area contributed by atoms with E-state index in [0.717, 1.165) is 23.9 Å². The van der Waals surface area contributed by atoms with Gasteiger partial charge in [-0.3, -0.25) is 9.69 Å². The highest BCUT2D eigenvalue weighted by atomic mass is 19.2. The molecule has 2 aromatic rings. The van der Waals surface area contributed by atoms with Gasteiger partial charge in [-0.25, -0.2) is 8.78 Å². The number of aryl methyl sites for hydroxylation is 1. The molecule has 0 aromatic heterocycles. The quantitative estimate of drug-likeness (QED) is 0.385. The van der Waals surface area contributed by atoms with E-state index in [1.807, 2.05) is 45.0 Å². The number of benzene rings is 2. The van der Waals surface area contributed by atoms with Crippen molar-refractivity contribution in [3.8, 4) is 5.75 Å². The number of hydrogen-bond acceptors (Lipinski definition) is 5. The summed E-state index contributed by atoms with van der Waals surface area (Å²) in [5.74, 6) is -1.07. The average Bonchev–Trinajstić information content (AvgIpc) is 2.77. The number of rotatable bonds is 9. The van der Waals surface area contributed by atoms with Gasteiger partial charge in [0, 0.05) is 19.6 Å². The summed E-state index contributed by atoms with van der Waals surface area (Å²) < 4.78 is 44.0. The van der Waals surface area contributed by atoms with Gasteiger partial charge in [-0.2, -0.15) is 0 Å². The van der Waals surface area contributed by atoms with E-state index < -0.39 is 17.2 Å². The molecule has 1 atom stereocenters. The highest BCUT2D eigenvalue weighted by Gasteiger charge is 2.23. The van der Waals surface area contributed by atoms with Crippen LogP contribution in [0.4, 0.5) is 8.78 Å². The summed E-state index contributed by atoms with van der Waals surface area (Å²) in [7, 11) is 0. The largest absolute Gasteiger partial charge is 0.494 e. The first-order chi connectivity index (χ1) is 15.7. The molecule has 0 amide bonds. The predicted molar refractivity (Wildman–Crippen MR) is 122 cm³/mol. The van der Waals surface area contributed by atoms with Crippen LogP contribution in [-0.2, 0) is 20.7 Å². The summed E-state index contributed by atoms with van der Waals surface area (Å²) in [4.78, 5) is 14.2. The van der Waals surface area contributed by atoms with E-state index in [0.29, 0.717) is 51.1 Å². The summed E-state index contributed by atoms with van der Waals surface area (Å²) in [6, 6.07) is 12.0.